The molecule has 10 heteroatoms. The molecule has 0 saturated heterocycles. The summed E-state index contributed by atoms with van der Waals surface area (Å²) < 4.78 is 34.1. The standard InChI is InChI=1S/C30H25F2N5O3/c31-19-4-6-21(7-5-19)36-28(38)30(12-13-30)29(39)37-22-8-9-25(24(32)17-22)40-26(10-14-33)27-23(11-15-35-27)18-2-1-3-20(34)16-18/h1-11,14-17,33,35H,12-13,34H2,(H,36,38)(H,37,39)/b26-10+,33-14?. The number of anilines is 3. The molecule has 0 atom stereocenters. The third-order valence-corrected chi connectivity index (χ3v) is 6.56. The number of amides is 2. The van der Waals surface area contributed by atoms with Crippen LogP contribution in [0.1, 0.15) is 18.5 Å². The maximum Gasteiger partial charge on any atom is 0.240 e. The lowest BCUT2D eigenvalue weighted by atomic mass is 10.0. The van der Waals surface area contributed by atoms with E-state index in [0.717, 1.165) is 23.4 Å². The minimum absolute atomic E-state index is 0.130. The summed E-state index contributed by atoms with van der Waals surface area (Å²) in [6.07, 6.45) is 4.77. The molecule has 2 amide bonds. The van der Waals surface area contributed by atoms with Gasteiger partial charge in [0.1, 0.15) is 11.2 Å². The molecule has 3 aromatic carbocycles. The Balaban J connectivity index is 1.30. The van der Waals surface area contributed by atoms with Crippen LogP contribution < -0.4 is 21.1 Å². The van der Waals surface area contributed by atoms with E-state index in [0.29, 0.717) is 29.9 Å². The average molecular weight is 542 g/mol. The lowest BCUT2D eigenvalue weighted by Crippen LogP contribution is -2.35. The van der Waals surface area contributed by atoms with Crippen molar-refractivity contribution in [3.8, 4) is 16.9 Å². The number of nitrogen functional groups attached to an aromatic ring is 1. The first-order chi connectivity index (χ1) is 19.3. The van der Waals surface area contributed by atoms with Gasteiger partial charge in [-0.25, -0.2) is 8.78 Å². The second-order valence-corrected chi connectivity index (χ2v) is 9.33. The van der Waals surface area contributed by atoms with Gasteiger partial charge in [0, 0.05) is 47.2 Å². The summed E-state index contributed by atoms with van der Waals surface area (Å²) in [5, 5.41) is 12.8. The number of hydrogen-bond donors (Lipinski definition) is 5. The maximum absolute atomic E-state index is 15.1. The number of hydrogen-bond acceptors (Lipinski definition) is 5. The van der Waals surface area contributed by atoms with Crippen molar-refractivity contribution in [2.24, 2.45) is 5.41 Å². The largest absolute Gasteiger partial charge is 0.452 e. The van der Waals surface area contributed by atoms with Crippen LogP contribution in [0, 0.1) is 22.5 Å². The number of halogens is 2. The first kappa shape index (κ1) is 26.4. The predicted octanol–water partition coefficient (Wildman–Crippen LogP) is 5.97. The van der Waals surface area contributed by atoms with Crippen molar-refractivity contribution in [3.63, 3.8) is 0 Å². The summed E-state index contributed by atoms with van der Waals surface area (Å²) in [5.74, 6) is -2.21. The van der Waals surface area contributed by atoms with Gasteiger partial charge in [0.05, 0.1) is 5.69 Å². The highest BCUT2D eigenvalue weighted by molar-refractivity contribution is 6.16. The van der Waals surface area contributed by atoms with Crippen molar-refractivity contribution in [2.75, 3.05) is 16.4 Å². The molecule has 5 rings (SSSR count). The predicted molar refractivity (Wildman–Crippen MR) is 150 cm³/mol. The number of rotatable bonds is 9. The van der Waals surface area contributed by atoms with Crippen LogP contribution >= 0.6 is 0 Å². The third kappa shape index (κ3) is 5.46. The summed E-state index contributed by atoms with van der Waals surface area (Å²) in [6, 6.07) is 18.2. The Morgan fingerprint density at radius 1 is 0.950 bits per heavy atom. The molecule has 6 N–H and O–H groups in total. The lowest BCUT2D eigenvalue weighted by molar-refractivity contribution is -0.131. The quantitative estimate of drug-likeness (QED) is 0.0773. The lowest BCUT2D eigenvalue weighted by Gasteiger charge is -2.16. The molecule has 1 fully saturated rings. The molecule has 202 valence electrons. The van der Waals surface area contributed by atoms with Crippen molar-refractivity contribution in [1.82, 2.24) is 4.98 Å². The molecule has 0 aliphatic heterocycles. The molecular weight excluding hydrogens is 516 g/mol. The first-order valence-electron chi connectivity index (χ1n) is 12.4. The van der Waals surface area contributed by atoms with E-state index in [2.05, 4.69) is 15.6 Å². The van der Waals surface area contributed by atoms with Gasteiger partial charge in [0.2, 0.25) is 11.8 Å². The van der Waals surface area contributed by atoms with E-state index in [1.165, 1.54) is 42.5 Å². The summed E-state index contributed by atoms with van der Waals surface area (Å²) in [5.41, 5.74) is 7.81. The molecule has 4 aromatic rings. The van der Waals surface area contributed by atoms with E-state index < -0.39 is 28.9 Å². The van der Waals surface area contributed by atoms with Gasteiger partial charge in [-0.1, -0.05) is 12.1 Å². The Bertz CT molecular complexity index is 1620. The fraction of sp³-hybridized carbons (Fsp3) is 0.100. The zero-order valence-electron chi connectivity index (χ0n) is 21.1. The summed E-state index contributed by atoms with van der Waals surface area (Å²) in [4.78, 5) is 28.8. The van der Waals surface area contributed by atoms with E-state index in [-0.39, 0.29) is 17.2 Å². The van der Waals surface area contributed by atoms with Crippen LogP contribution in [0.3, 0.4) is 0 Å². The van der Waals surface area contributed by atoms with Gasteiger partial charge in [-0.05, 0) is 73.0 Å². The molecule has 40 heavy (non-hydrogen) atoms. The summed E-state index contributed by atoms with van der Waals surface area (Å²) in [7, 11) is 0. The molecule has 0 radical (unpaired) electrons. The average Bonchev–Trinajstić information content (AvgIpc) is 3.61. The van der Waals surface area contributed by atoms with Crippen molar-refractivity contribution < 1.29 is 23.1 Å². The second-order valence-electron chi connectivity index (χ2n) is 9.33. The van der Waals surface area contributed by atoms with Crippen molar-refractivity contribution in [3.05, 3.63) is 102 Å². The van der Waals surface area contributed by atoms with E-state index in [1.54, 1.807) is 18.3 Å². The van der Waals surface area contributed by atoms with E-state index in [9.17, 15) is 14.0 Å². The molecule has 0 spiro atoms. The number of ether oxygens (including phenoxy) is 1. The Morgan fingerprint density at radius 3 is 2.30 bits per heavy atom. The topological polar surface area (TPSA) is 133 Å². The molecular formula is C30H25F2N5O3. The molecule has 1 aromatic heterocycles. The van der Waals surface area contributed by atoms with Crippen LogP contribution in [0.4, 0.5) is 25.8 Å². The van der Waals surface area contributed by atoms with Gasteiger partial charge in [0.15, 0.2) is 17.3 Å². The van der Waals surface area contributed by atoms with E-state index in [4.69, 9.17) is 15.9 Å². The first-order valence-corrected chi connectivity index (χ1v) is 12.4. The Morgan fingerprint density at radius 2 is 1.65 bits per heavy atom. The number of carbonyl (C=O) groups excluding carboxylic acids is 2. The van der Waals surface area contributed by atoms with Crippen molar-refractivity contribution >= 4 is 40.9 Å². The number of H-pyrrole nitrogens is 1. The number of carbonyl (C=O) groups is 2. The Kier molecular flexibility index (Phi) is 7.15. The van der Waals surface area contributed by atoms with Gasteiger partial charge >= 0.3 is 0 Å². The number of nitrogens with one attached hydrogen (secondary N) is 4. The number of benzene rings is 3. The molecule has 1 saturated carbocycles. The van der Waals surface area contributed by atoms with Gasteiger partial charge < -0.3 is 31.5 Å². The monoisotopic (exact) mass is 541 g/mol. The van der Waals surface area contributed by atoms with Gasteiger partial charge in [-0.15, -0.1) is 0 Å². The minimum Gasteiger partial charge on any atom is -0.452 e. The van der Waals surface area contributed by atoms with E-state index in [1.807, 2.05) is 18.2 Å². The normalized spacial score (nSPS) is 13.8. The number of nitrogens with two attached hydrogens (primary N) is 1. The van der Waals surface area contributed by atoms with Gasteiger partial charge in [0.25, 0.3) is 0 Å². The Labute approximate surface area is 228 Å². The second kappa shape index (κ2) is 10.9. The van der Waals surface area contributed by atoms with Crippen molar-refractivity contribution in [2.45, 2.75) is 12.8 Å². The molecule has 8 nitrogen and oxygen atoms in total. The van der Waals surface area contributed by atoms with Crippen LogP contribution in [0.15, 0.2) is 85.1 Å². The molecule has 0 unspecified atom stereocenters. The Hall–Kier alpha value is -5.25. The van der Waals surface area contributed by atoms with Crippen LogP contribution in [0.25, 0.3) is 16.9 Å². The van der Waals surface area contributed by atoms with Crippen LogP contribution in [-0.2, 0) is 9.59 Å². The zero-order chi connectivity index (χ0) is 28.3. The molecule has 1 aliphatic carbocycles. The highest BCUT2D eigenvalue weighted by atomic mass is 19.1. The SMILES string of the molecule is N=C/C=C(/Oc1ccc(NC(=O)C2(C(=O)Nc3ccc(F)cc3)CC2)cc1F)c1[nH]ccc1-c1cccc(N)c1. The fourth-order valence-corrected chi connectivity index (χ4v) is 4.26. The van der Waals surface area contributed by atoms with Crippen LogP contribution in [-0.4, -0.2) is 23.0 Å². The fourth-order valence-electron chi connectivity index (χ4n) is 4.26. The molecule has 1 aliphatic rings. The number of aromatic amines is 1. The smallest absolute Gasteiger partial charge is 0.240 e. The molecule has 0 bridgehead atoms. The molecule has 1 heterocycles. The summed E-state index contributed by atoms with van der Waals surface area (Å²) >= 11 is 0. The van der Waals surface area contributed by atoms with Crippen LogP contribution in [0.5, 0.6) is 5.75 Å². The van der Waals surface area contributed by atoms with Crippen LogP contribution in [0.2, 0.25) is 0 Å². The van der Waals surface area contributed by atoms with Crippen molar-refractivity contribution in [1.29, 1.82) is 5.41 Å². The highest BCUT2D eigenvalue weighted by Gasteiger charge is 2.56. The maximum atomic E-state index is 15.1. The highest BCUT2D eigenvalue weighted by Crippen LogP contribution is 2.47. The minimum atomic E-state index is -1.29. The number of allylic oxidation sites excluding steroid dienone is 1. The number of aromatic nitrogens is 1. The van der Waals surface area contributed by atoms with Gasteiger partial charge in [-0.2, -0.15) is 0 Å². The zero-order valence-corrected chi connectivity index (χ0v) is 21.1. The summed E-state index contributed by atoms with van der Waals surface area (Å²) in [6.45, 7) is 0. The van der Waals surface area contributed by atoms with Gasteiger partial charge in [-0.3, -0.25) is 9.59 Å². The third-order valence-electron chi connectivity index (χ3n) is 6.56. The van der Waals surface area contributed by atoms with E-state index >= 15 is 4.39 Å².